The number of nitrogens with zero attached hydrogens (tertiary/aromatic N) is 1. The lowest BCUT2D eigenvalue weighted by Crippen LogP contribution is -2.15. The van der Waals surface area contributed by atoms with E-state index < -0.39 is 0 Å². The minimum absolute atomic E-state index is 0.504. The molecule has 0 aliphatic carbocycles. The van der Waals surface area contributed by atoms with E-state index in [9.17, 15) is 0 Å². The van der Waals surface area contributed by atoms with Crippen LogP contribution in [-0.4, -0.2) is 11.0 Å². The molecule has 1 heterocycles. The van der Waals surface area contributed by atoms with Crippen LogP contribution in [0.25, 0.3) is 10.9 Å². The molecule has 0 spiro atoms. The van der Waals surface area contributed by atoms with Gasteiger partial charge in [-0.25, -0.2) is 0 Å². The first-order valence-electron chi connectivity index (χ1n) is 6.91. The van der Waals surface area contributed by atoms with E-state index in [4.69, 9.17) is 0 Å². The summed E-state index contributed by atoms with van der Waals surface area (Å²) in [7, 11) is 0. The molecule has 1 N–H and O–H groups in total. The number of benzene rings is 1. The molecule has 2 heteroatoms. The molecule has 2 rings (SSSR count). The fourth-order valence-electron chi connectivity index (χ4n) is 2.26. The first-order chi connectivity index (χ1) is 8.81. The SMILES string of the molecule is CCCCCC(C)Nc1cccc2cccnc12. The third kappa shape index (κ3) is 3.22. The molecule has 0 amide bonds. The molecule has 0 saturated carbocycles. The molecule has 96 valence electrons. The highest BCUT2D eigenvalue weighted by Gasteiger charge is 2.05. The lowest BCUT2D eigenvalue weighted by Gasteiger charge is -2.16. The number of nitrogens with one attached hydrogen (secondary N) is 1. The van der Waals surface area contributed by atoms with Gasteiger partial charge in [-0.05, 0) is 25.5 Å². The third-order valence-electron chi connectivity index (χ3n) is 3.28. The lowest BCUT2D eigenvalue weighted by atomic mass is 10.1. The maximum absolute atomic E-state index is 4.47. The molecule has 0 aliphatic rings. The predicted octanol–water partition coefficient (Wildman–Crippen LogP) is 4.62. The van der Waals surface area contributed by atoms with Gasteiger partial charge in [0.15, 0.2) is 0 Å². The summed E-state index contributed by atoms with van der Waals surface area (Å²) in [5, 5.41) is 4.78. The Hall–Kier alpha value is -1.57. The average Bonchev–Trinajstić information content (AvgIpc) is 2.39. The van der Waals surface area contributed by atoms with Crippen molar-refractivity contribution in [2.75, 3.05) is 5.32 Å². The molecule has 1 atom stereocenters. The van der Waals surface area contributed by atoms with Crippen molar-refractivity contribution in [2.45, 2.75) is 45.6 Å². The van der Waals surface area contributed by atoms with E-state index in [0.29, 0.717) is 6.04 Å². The quantitative estimate of drug-likeness (QED) is 0.748. The van der Waals surface area contributed by atoms with Crippen molar-refractivity contribution >= 4 is 16.6 Å². The smallest absolute Gasteiger partial charge is 0.0933 e. The summed E-state index contributed by atoms with van der Waals surface area (Å²) in [5.41, 5.74) is 2.22. The number of rotatable bonds is 6. The summed E-state index contributed by atoms with van der Waals surface area (Å²) < 4.78 is 0. The molecule has 0 bridgehead atoms. The molecule has 0 radical (unpaired) electrons. The molecule has 18 heavy (non-hydrogen) atoms. The maximum Gasteiger partial charge on any atom is 0.0933 e. The fourth-order valence-corrected chi connectivity index (χ4v) is 2.26. The van der Waals surface area contributed by atoms with Crippen LogP contribution >= 0.6 is 0 Å². The van der Waals surface area contributed by atoms with Crippen LogP contribution in [0.1, 0.15) is 39.5 Å². The lowest BCUT2D eigenvalue weighted by molar-refractivity contribution is 0.615. The topological polar surface area (TPSA) is 24.9 Å². The van der Waals surface area contributed by atoms with Gasteiger partial charge in [0.05, 0.1) is 11.2 Å². The Morgan fingerprint density at radius 1 is 1.17 bits per heavy atom. The van der Waals surface area contributed by atoms with Crippen molar-refractivity contribution < 1.29 is 0 Å². The van der Waals surface area contributed by atoms with Gasteiger partial charge in [0, 0.05) is 17.6 Å². The molecule has 0 aliphatic heterocycles. The second-order valence-electron chi connectivity index (χ2n) is 4.92. The van der Waals surface area contributed by atoms with Crippen LogP contribution in [0.4, 0.5) is 5.69 Å². The van der Waals surface area contributed by atoms with Crippen LogP contribution in [0.3, 0.4) is 0 Å². The van der Waals surface area contributed by atoms with Crippen molar-refractivity contribution in [2.24, 2.45) is 0 Å². The highest BCUT2D eigenvalue weighted by atomic mass is 14.9. The number of fused-ring (bicyclic) bond motifs is 1. The molecule has 1 aromatic heterocycles. The summed E-state index contributed by atoms with van der Waals surface area (Å²) in [6, 6.07) is 10.9. The Balaban J connectivity index is 2.07. The highest BCUT2D eigenvalue weighted by Crippen LogP contribution is 2.22. The zero-order chi connectivity index (χ0) is 12.8. The number of hydrogen-bond donors (Lipinski definition) is 1. The van der Waals surface area contributed by atoms with Gasteiger partial charge in [-0.15, -0.1) is 0 Å². The highest BCUT2D eigenvalue weighted by molar-refractivity contribution is 5.90. The molecule has 1 aromatic carbocycles. The standard InChI is InChI=1S/C16H22N2/c1-3-4-5-8-13(2)18-15-11-6-9-14-10-7-12-17-16(14)15/h6-7,9-13,18H,3-5,8H2,1-2H3. The monoisotopic (exact) mass is 242 g/mol. The van der Waals surface area contributed by atoms with Crippen molar-refractivity contribution in [1.29, 1.82) is 0 Å². The number of unbranched alkanes of at least 4 members (excludes halogenated alkanes) is 2. The van der Waals surface area contributed by atoms with E-state index in [1.54, 1.807) is 0 Å². The van der Waals surface area contributed by atoms with Crippen LogP contribution in [0, 0.1) is 0 Å². The zero-order valence-electron chi connectivity index (χ0n) is 11.3. The number of hydrogen-bond acceptors (Lipinski definition) is 2. The number of pyridine rings is 1. The minimum atomic E-state index is 0.504. The van der Waals surface area contributed by atoms with Crippen LogP contribution in [-0.2, 0) is 0 Å². The van der Waals surface area contributed by atoms with E-state index in [2.05, 4.69) is 48.4 Å². The first-order valence-corrected chi connectivity index (χ1v) is 6.91. The number of aromatic nitrogens is 1. The van der Waals surface area contributed by atoms with E-state index >= 15 is 0 Å². The fraction of sp³-hybridized carbons (Fsp3) is 0.438. The van der Waals surface area contributed by atoms with Crippen LogP contribution in [0.2, 0.25) is 0 Å². The summed E-state index contributed by atoms with van der Waals surface area (Å²) in [6.07, 6.45) is 6.97. The van der Waals surface area contributed by atoms with Gasteiger partial charge >= 0.3 is 0 Å². The van der Waals surface area contributed by atoms with E-state index in [-0.39, 0.29) is 0 Å². The van der Waals surface area contributed by atoms with Crippen molar-refractivity contribution in [3.8, 4) is 0 Å². The average molecular weight is 242 g/mol. The van der Waals surface area contributed by atoms with Gasteiger partial charge in [0.2, 0.25) is 0 Å². The third-order valence-corrected chi connectivity index (χ3v) is 3.28. The van der Waals surface area contributed by atoms with Crippen molar-refractivity contribution in [3.05, 3.63) is 36.5 Å². The minimum Gasteiger partial charge on any atom is -0.381 e. The molecule has 2 nitrogen and oxygen atoms in total. The van der Waals surface area contributed by atoms with Crippen LogP contribution in [0.5, 0.6) is 0 Å². The Morgan fingerprint density at radius 2 is 2.00 bits per heavy atom. The molecule has 1 unspecified atom stereocenters. The van der Waals surface area contributed by atoms with Gasteiger partial charge in [-0.2, -0.15) is 0 Å². The predicted molar refractivity (Wildman–Crippen MR) is 79.0 cm³/mol. The van der Waals surface area contributed by atoms with Gasteiger partial charge in [-0.1, -0.05) is 44.4 Å². The number of anilines is 1. The maximum atomic E-state index is 4.47. The Bertz CT molecular complexity index is 488. The molecule has 2 aromatic rings. The van der Waals surface area contributed by atoms with Crippen molar-refractivity contribution in [3.63, 3.8) is 0 Å². The van der Waals surface area contributed by atoms with Crippen LogP contribution in [0.15, 0.2) is 36.5 Å². The van der Waals surface area contributed by atoms with Gasteiger partial charge in [0.1, 0.15) is 0 Å². The molecule has 0 fully saturated rings. The molecular formula is C16H22N2. The Morgan fingerprint density at radius 3 is 2.83 bits per heavy atom. The first kappa shape index (κ1) is 12.9. The second-order valence-corrected chi connectivity index (χ2v) is 4.92. The van der Waals surface area contributed by atoms with E-state index in [0.717, 1.165) is 11.2 Å². The van der Waals surface area contributed by atoms with Crippen LogP contribution < -0.4 is 5.32 Å². The second kappa shape index (κ2) is 6.39. The molecular weight excluding hydrogens is 220 g/mol. The van der Waals surface area contributed by atoms with Crippen molar-refractivity contribution in [1.82, 2.24) is 4.98 Å². The van der Waals surface area contributed by atoms with Gasteiger partial charge in [-0.3, -0.25) is 4.98 Å². The number of para-hydroxylation sites is 1. The Labute approximate surface area is 109 Å². The Kier molecular flexibility index (Phi) is 4.57. The van der Waals surface area contributed by atoms with E-state index in [1.165, 1.54) is 31.1 Å². The van der Waals surface area contributed by atoms with Gasteiger partial charge < -0.3 is 5.32 Å². The zero-order valence-corrected chi connectivity index (χ0v) is 11.3. The summed E-state index contributed by atoms with van der Waals surface area (Å²) >= 11 is 0. The van der Waals surface area contributed by atoms with E-state index in [1.807, 2.05) is 12.3 Å². The molecule has 0 saturated heterocycles. The summed E-state index contributed by atoms with van der Waals surface area (Å²) in [4.78, 5) is 4.47. The summed E-state index contributed by atoms with van der Waals surface area (Å²) in [5.74, 6) is 0. The summed E-state index contributed by atoms with van der Waals surface area (Å²) in [6.45, 7) is 4.49. The van der Waals surface area contributed by atoms with Gasteiger partial charge in [0.25, 0.3) is 0 Å². The normalized spacial score (nSPS) is 12.6. The largest absolute Gasteiger partial charge is 0.381 e.